The summed E-state index contributed by atoms with van der Waals surface area (Å²) in [6.45, 7) is 5.58. The SMILES string of the molecule is CCCCO[C@H]1[C@@H]([C@H](O)[C@H](O)CO)O[C@@H]2OC(C)(C)O[C@@H]21. The predicted octanol–water partition coefficient (Wildman–Crippen LogP) is -0.238. The molecule has 0 aromatic heterocycles. The van der Waals surface area contributed by atoms with Gasteiger partial charge in [0.15, 0.2) is 12.1 Å². The Labute approximate surface area is 124 Å². The zero-order valence-electron chi connectivity index (χ0n) is 12.8. The molecule has 2 fully saturated rings. The maximum Gasteiger partial charge on any atom is 0.190 e. The van der Waals surface area contributed by atoms with Gasteiger partial charge in [-0.05, 0) is 20.3 Å². The predicted molar refractivity (Wildman–Crippen MR) is 72.4 cm³/mol. The van der Waals surface area contributed by atoms with Gasteiger partial charge in [-0.15, -0.1) is 0 Å². The molecule has 2 heterocycles. The second kappa shape index (κ2) is 6.87. The molecular weight excluding hydrogens is 280 g/mol. The summed E-state index contributed by atoms with van der Waals surface area (Å²) < 4.78 is 22.9. The lowest BCUT2D eigenvalue weighted by atomic mass is 10.0. The second-order valence-corrected chi connectivity index (χ2v) is 6.00. The molecule has 0 bridgehead atoms. The van der Waals surface area contributed by atoms with Gasteiger partial charge in [-0.3, -0.25) is 0 Å². The van der Waals surface area contributed by atoms with Crippen molar-refractivity contribution in [2.75, 3.05) is 13.2 Å². The third-order valence-corrected chi connectivity index (χ3v) is 3.75. The van der Waals surface area contributed by atoms with E-state index >= 15 is 0 Å². The number of hydrogen-bond donors (Lipinski definition) is 3. The fraction of sp³-hybridized carbons (Fsp3) is 1.00. The van der Waals surface area contributed by atoms with E-state index in [1.807, 2.05) is 0 Å². The van der Waals surface area contributed by atoms with E-state index in [4.69, 9.17) is 24.1 Å². The molecule has 0 saturated carbocycles. The largest absolute Gasteiger partial charge is 0.394 e. The van der Waals surface area contributed by atoms with Crippen LogP contribution in [0, 0.1) is 0 Å². The Morgan fingerprint density at radius 2 is 1.95 bits per heavy atom. The van der Waals surface area contributed by atoms with Gasteiger partial charge in [0.05, 0.1) is 6.61 Å². The fourth-order valence-electron chi connectivity index (χ4n) is 2.66. The summed E-state index contributed by atoms with van der Waals surface area (Å²) in [5.41, 5.74) is 0. The Morgan fingerprint density at radius 1 is 1.24 bits per heavy atom. The maximum atomic E-state index is 10.1. The molecule has 124 valence electrons. The first-order valence-electron chi connectivity index (χ1n) is 7.49. The zero-order chi connectivity index (χ0) is 15.6. The highest BCUT2D eigenvalue weighted by Crippen LogP contribution is 2.40. The Balaban J connectivity index is 2.06. The first-order chi connectivity index (χ1) is 9.89. The Morgan fingerprint density at radius 3 is 2.57 bits per heavy atom. The molecule has 0 unspecified atom stereocenters. The zero-order valence-corrected chi connectivity index (χ0v) is 12.8. The van der Waals surface area contributed by atoms with Crippen LogP contribution >= 0.6 is 0 Å². The number of aliphatic hydroxyl groups is 3. The normalized spacial score (nSPS) is 37.4. The smallest absolute Gasteiger partial charge is 0.190 e. The van der Waals surface area contributed by atoms with Gasteiger partial charge in [0.1, 0.15) is 30.5 Å². The van der Waals surface area contributed by atoms with Crippen LogP contribution in [0.25, 0.3) is 0 Å². The number of hydrogen-bond acceptors (Lipinski definition) is 7. The van der Waals surface area contributed by atoms with Crippen LogP contribution in [0.4, 0.5) is 0 Å². The average molecular weight is 306 g/mol. The van der Waals surface area contributed by atoms with E-state index in [1.165, 1.54) is 0 Å². The van der Waals surface area contributed by atoms with Crippen molar-refractivity contribution in [2.24, 2.45) is 0 Å². The van der Waals surface area contributed by atoms with Gasteiger partial charge in [0.25, 0.3) is 0 Å². The first-order valence-corrected chi connectivity index (χ1v) is 7.49. The van der Waals surface area contributed by atoms with Crippen molar-refractivity contribution >= 4 is 0 Å². The summed E-state index contributed by atoms with van der Waals surface area (Å²) >= 11 is 0. The Bertz CT molecular complexity index is 335. The number of ether oxygens (including phenoxy) is 4. The Kier molecular flexibility index (Phi) is 5.59. The van der Waals surface area contributed by atoms with Crippen molar-refractivity contribution in [1.82, 2.24) is 0 Å². The molecule has 0 amide bonds. The number of aliphatic hydroxyl groups excluding tert-OH is 3. The highest BCUT2D eigenvalue weighted by atomic mass is 16.8. The van der Waals surface area contributed by atoms with Crippen molar-refractivity contribution < 1.29 is 34.3 Å². The van der Waals surface area contributed by atoms with E-state index in [0.29, 0.717) is 6.61 Å². The summed E-state index contributed by atoms with van der Waals surface area (Å²) in [4.78, 5) is 0. The molecule has 0 radical (unpaired) electrons. The third kappa shape index (κ3) is 3.73. The lowest BCUT2D eigenvalue weighted by Crippen LogP contribution is -2.48. The number of rotatable bonds is 7. The minimum atomic E-state index is -1.29. The molecule has 7 nitrogen and oxygen atoms in total. The molecule has 0 spiro atoms. The minimum Gasteiger partial charge on any atom is -0.394 e. The molecule has 2 aliphatic heterocycles. The summed E-state index contributed by atoms with van der Waals surface area (Å²) in [6.07, 6.45) is -3.13. The molecule has 0 aromatic carbocycles. The molecular formula is C14H26O7. The van der Waals surface area contributed by atoms with Crippen molar-refractivity contribution in [3.8, 4) is 0 Å². The van der Waals surface area contributed by atoms with Crippen LogP contribution in [0.5, 0.6) is 0 Å². The summed E-state index contributed by atoms with van der Waals surface area (Å²) in [6, 6.07) is 0. The topological polar surface area (TPSA) is 97.6 Å². The van der Waals surface area contributed by atoms with Crippen LogP contribution in [-0.2, 0) is 18.9 Å². The van der Waals surface area contributed by atoms with E-state index < -0.39 is 49.2 Å². The molecule has 3 N–H and O–H groups in total. The highest BCUT2D eigenvalue weighted by Gasteiger charge is 2.57. The summed E-state index contributed by atoms with van der Waals surface area (Å²) in [5.74, 6) is -0.771. The van der Waals surface area contributed by atoms with Crippen molar-refractivity contribution in [1.29, 1.82) is 0 Å². The van der Waals surface area contributed by atoms with E-state index in [0.717, 1.165) is 12.8 Å². The molecule has 6 atom stereocenters. The monoisotopic (exact) mass is 306 g/mol. The number of fused-ring (bicyclic) bond motifs is 1. The lowest BCUT2D eigenvalue weighted by molar-refractivity contribution is -0.236. The fourth-order valence-corrected chi connectivity index (χ4v) is 2.66. The average Bonchev–Trinajstić information content (AvgIpc) is 2.90. The minimum absolute atomic E-state index is 0.456. The van der Waals surface area contributed by atoms with Gasteiger partial charge in [-0.1, -0.05) is 13.3 Å². The van der Waals surface area contributed by atoms with E-state index in [9.17, 15) is 10.2 Å². The van der Waals surface area contributed by atoms with Crippen LogP contribution in [0.1, 0.15) is 33.6 Å². The van der Waals surface area contributed by atoms with E-state index in [2.05, 4.69) is 6.92 Å². The molecule has 2 aliphatic rings. The van der Waals surface area contributed by atoms with Crippen LogP contribution in [0.2, 0.25) is 0 Å². The van der Waals surface area contributed by atoms with Gasteiger partial charge < -0.3 is 34.3 Å². The highest BCUT2D eigenvalue weighted by molar-refractivity contribution is 4.98. The van der Waals surface area contributed by atoms with Crippen LogP contribution in [0.15, 0.2) is 0 Å². The summed E-state index contributed by atoms with van der Waals surface area (Å²) in [7, 11) is 0. The maximum absolute atomic E-state index is 10.1. The molecule has 0 aromatic rings. The molecule has 21 heavy (non-hydrogen) atoms. The van der Waals surface area contributed by atoms with Gasteiger partial charge in [0, 0.05) is 6.61 Å². The van der Waals surface area contributed by atoms with E-state index in [1.54, 1.807) is 13.8 Å². The van der Waals surface area contributed by atoms with Crippen molar-refractivity contribution in [3.05, 3.63) is 0 Å². The van der Waals surface area contributed by atoms with Crippen LogP contribution < -0.4 is 0 Å². The molecule has 7 heteroatoms. The Hall–Kier alpha value is -0.280. The van der Waals surface area contributed by atoms with Gasteiger partial charge >= 0.3 is 0 Å². The summed E-state index contributed by atoms with van der Waals surface area (Å²) in [5, 5.41) is 28.7. The quantitative estimate of drug-likeness (QED) is 0.559. The standard InChI is InChI=1S/C14H26O7/c1-4-5-6-18-11-10(9(17)8(16)7-15)19-13-12(11)20-14(2,3)21-13/h8-13,15-17H,4-7H2,1-3H3/t8-,9-,10-,11+,12-,13-/m1/s1. The molecule has 2 saturated heterocycles. The van der Waals surface area contributed by atoms with Gasteiger partial charge in [-0.25, -0.2) is 0 Å². The lowest BCUT2D eigenvalue weighted by Gasteiger charge is -2.30. The molecule has 0 aliphatic carbocycles. The van der Waals surface area contributed by atoms with Crippen molar-refractivity contribution in [2.45, 2.75) is 76.2 Å². The first kappa shape index (κ1) is 17.1. The van der Waals surface area contributed by atoms with Crippen LogP contribution in [0.3, 0.4) is 0 Å². The third-order valence-electron chi connectivity index (χ3n) is 3.75. The van der Waals surface area contributed by atoms with E-state index in [-0.39, 0.29) is 0 Å². The molecule has 2 rings (SSSR count). The van der Waals surface area contributed by atoms with Crippen LogP contribution in [-0.4, -0.2) is 71.1 Å². The second-order valence-electron chi connectivity index (χ2n) is 6.00. The van der Waals surface area contributed by atoms with Gasteiger partial charge in [0.2, 0.25) is 0 Å². The number of unbranched alkanes of at least 4 members (excludes halogenated alkanes) is 1. The van der Waals surface area contributed by atoms with Gasteiger partial charge in [-0.2, -0.15) is 0 Å². The van der Waals surface area contributed by atoms with Crippen molar-refractivity contribution in [3.63, 3.8) is 0 Å².